The van der Waals surface area contributed by atoms with Crippen LogP contribution in [0.1, 0.15) is 26.7 Å². The van der Waals surface area contributed by atoms with Gasteiger partial charge in [-0.25, -0.2) is 5.01 Å². The highest BCUT2D eigenvalue weighted by Gasteiger charge is 2.04. The topological polar surface area (TPSA) is 85.3 Å². The molecule has 0 N–H and O–H groups in total. The van der Waals surface area contributed by atoms with Crippen LogP contribution >= 0.6 is 0 Å². The second-order valence-corrected chi connectivity index (χ2v) is 3.12. The minimum atomic E-state index is -0.464. The zero-order valence-electron chi connectivity index (χ0n) is 9.47. The van der Waals surface area contributed by atoms with E-state index in [2.05, 4.69) is 10.0 Å². The Labute approximate surface area is 93.6 Å². The van der Waals surface area contributed by atoms with Crippen molar-refractivity contribution >= 4 is 11.9 Å². The lowest BCUT2D eigenvalue weighted by atomic mass is 10.3. The van der Waals surface area contributed by atoms with Crippen LogP contribution < -0.4 is 0 Å². The van der Waals surface area contributed by atoms with Gasteiger partial charge in [0.15, 0.2) is 6.73 Å². The molecule has 0 rings (SSSR count). The van der Waals surface area contributed by atoms with Crippen molar-refractivity contribution in [3.63, 3.8) is 0 Å². The normalized spacial score (nSPS) is 9.38. The third-order valence-electron chi connectivity index (χ3n) is 1.65. The number of hydrogen-bond donors (Lipinski definition) is 0. The second kappa shape index (κ2) is 8.63. The van der Waals surface area contributed by atoms with Crippen LogP contribution in [0.2, 0.25) is 0 Å². The summed E-state index contributed by atoms with van der Waals surface area (Å²) in [6.45, 7) is 3.11. The van der Waals surface area contributed by atoms with Crippen LogP contribution in [0, 0.1) is 4.91 Å². The minimum absolute atomic E-state index is 0.146. The predicted molar refractivity (Wildman–Crippen MR) is 55.0 cm³/mol. The van der Waals surface area contributed by atoms with Gasteiger partial charge in [-0.1, -0.05) is 0 Å². The van der Waals surface area contributed by atoms with Crippen molar-refractivity contribution in [2.45, 2.75) is 26.7 Å². The van der Waals surface area contributed by atoms with Crippen LogP contribution in [0.15, 0.2) is 5.29 Å². The Hall–Kier alpha value is -1.66. The average Bonchev–Trinajstić information content (AvgIpc) is 2.21. The predicted octanol–water partition coefficient (Wildman–Crippen LogP) is 0.834. The first-order valence-corrected chi connectivity index (χ1v) is 4.91. The molecule has 0 aromatic rings. The van der Waals surface area contributed by atoms with Crippen LogP contribution in [0.5, 0.6) is 0 Å². The first kappa shape index (κ1) is 14.3. The number of nitroso groups, excluding NO2 is 1. The summed E-state index contributed by atoms with van der Waals surface area (Å²) < 4.78 is 9.30. The summed E-state index contributed by atoms with van der Waals surface area (Å²) in [5.41, 5.74) is 0. The molecule has 0 spiro atoms. The SMILES string of the molecule is CC(=O)OCCCCN(COC(C)=O)N=O. The van der Waals surface area contributed by atoms with E-state index in [-0.39, 0.29) is 12.7 Å². The molecular formula is C9H16N2O5. The molecule has 0 unspecified atom stereocenters. The average molecular weight is 232 g/mol. The van der Waals surface area contributed by atoms with Crippen LogP contribution in [0.4, 0.5) is 0 Å². The first-order chi connectivity index (χ1) is 7.56. The number of ether oxygens (including phenoxy) is 2. The van der Waals surface area contributed by atoms with Crippen molar-refractivity contribution in [3.05, 3.63) is 4.91 Å². The van der Waals surface area contributed by atoms with Crippen molar-refractivity contribution < 1.29 is 19.1 Å². The van der Waals surface area contributed by atoms with E-state index in [1.54, 1.807) is 0 Å². The summed E-state index contributed by atoms with van der Waals surface area (Å²) >= 11 is 0. The molecule has 0 aromatic carbocycles. The maximum atomic E-state index is 10.5. The van der Waals surface area contributed by atoms with E-state index in [0.717, 1.165) is 5.01 Å². The van der Waals surface area contributed by atoms with Crippen molar-refractivity contribution in [1.82, 2.24) is 5.01 Å². The molecule has 92 valence electrons. The zero-order valence-corrected chi connectivity index (χ0v) is 9.47. The molecule has 16 heavy (non-hydrogen) atoms. The highest BCUT2D eigenvalue weighted by molar-refractivity contribution is 5.66. The van der Waals surface area contributed by atoms with Gasteiger partial charge in [0.1, 0.15) is 0 Å². The quantitative estimate of drug-likeness (QED) is 0.202. The maximum absolute atomic E-state index is 10.5. The lowest BCUT2D eigenvalue weighted by molar-refractivity contribution is -0.146. The molecule has 0 saturated heterocycles. The van der Waals surface area contributed by atoms with Gasteiger partial charge in [0.25, 0.3) is 0 Å². The van der Waals surface area contributed by atoms with Crippen molar-refractivity contribution in [2.24, 2.45) is 5.29 Å². The van der Waals surface area contributed by atoms with Gasteiger partial charge in [0, 0.05) is 20.4 Å². The van der Waals surface area contributed by atoms with Gasteiger partial charge in [-0.2, -0.15) is 0 Å². The van der Waals surface area contributed by atoms with Crippen molar-refractivity contribution in [2.75, 3.05) is 19.9 Å². The van der Waals surface area contributed by atoms with Gasteiger partial charge < -0.3 is 9.47 Å². The van der Waals surface area contributed by atoms with Gasteiger partial charge in [-0.05, 0) is 12.8 Å². The molecule has 7 nitrogen and oxygen atoms in total. The van der Waals surface area contributed by atoms with Gasteiger partial charge in [-0.3, -0.25) is 9.59 Å². The van der Waals surface area contributed by atoms with E-state index >= 15 is 0 Å². The second-order valence-electron chi connectivity index (χ2n) is 3.12. The number of unbranched alkanes of at least 4 members (excludes halogenated alkanes) is 1. The van der Waals surface area contributed by atoms with Gasteiger partial charge in [-0.15, -0.1) is 4.91 Å². The fourth-order valence-electron chi connectivity index (χ4n) is 0.907. The summed E-state index contributed by atoms with van der Waals surface area (Å²) in [6, 6.07) is 0. The molecule has 0 aromatic heterocycles. The molecule has 0 aliphatic carbocycles. The number of hydrogen-bond acceptors (Lipinski definition) is 6. The van der Waals surface area contributed by atoms with Gasteiger partial charge in [0.05, 0.1) is 11.9 Å². The van der Waals surface area contributed by atoms with Crippen LogP contribution in [-0.4, -0.2) is 36.8 Å². The highest BCUT2D eigenvalue weighted by atomic mass is 16.5. The third kappa shape index (κ3) is 8.92. The Morgan fingerprint density at radius 3 is 2.25 bits per heavy atom. The summed E-state index contributed by atoms with van der Waals surface area (Å²) in [5.74, 6) is -0.793. The number of carbonyl (C=O) groups is 2. The summed E-state index contributed by atoms with van der Waals surface area (Å²) in [5, 5.41) is 3.78. The van der Waals surface area contributed by atoms with Crippen LogP contribution in [0.3, 0.4) is 0 Å². The fourth-order valence-corrected chi connectivity index (χ4v) is 0.907. The number of nitrogens with zero attached hydrogens (tertiary/aromatic N) is 2. The smallest absolute Gasteiger partial charge is 0.304 e. The number of carbonyl (C=O) groups excluding carboxylic acids is 2. The Morgan fingerprint density at radius 2 is 1.75 bits per heavy atom. The molecule has 0 radical (unpaired) electrons. The molecule has 0 heterocycles. The Bertz CT molecular complexity index is 244. The van der Waals surface area contributed by atoms with Gasteiger partial charge >= 0.3 is 11.9 Å². The summed E-state index contributed by atoms with van der Waals surface area (Å²) in [7, 11) is 0. The molecule has 0 atom stereocenters. The molecule has 0 fully saturated rings. The molecule has 0 bridgehead atoms. The molecular weight excluding hydrogens is 216 g/mol. The molecule has 0 amide bonds. The fraction of sp³-hybridized carbons (Fsp3) is 0.778. The summed E-state index contributed by atoms with van der Waals surface area (Å²) in [4.78, 5) is 31.2. The van der Waals surface area contributed by atoms with Crippen molar-refractivity contribution in [1.29, 1.82) is 0 Å². The van der Waals surface area contributed by atoms with E-state index in [4.69, 9.17) is 4.74 Å². The zero-order chi connectivity index (χ0) is 12.4. The standard InChI is InChI=1S/C9H16N2O5/c1-8(12)15-6-4-3-5-11(10-14)7-16-9(2)13/h3-7H2,1-2H3. The number of esters is 2. The minimum Gasteiger partial charge on any atom is -0.466 e. The molecule has 0 aliphatic rings. The number of rotatable bonds is 8. The van der Waals surface area contributed by atoms with Crippen molar-refractivity contribution in [3.8, 4) is 0 Å². The van der Waals surface area contributed by atoms with E-state index < -0.39 is 5.97 Å². The Morgan fingerprint density at radius 1 is 1.12 bits per heavy atom. The molecule has 7 heteroatoms. The molecule has 0 aliphatic heterocycles. The molecule has 0 saturated carbocycles. The summed E-state index contributed by atoms with van der Waals surface area (Å²) in [6.07, 6.45) is 1.26. The van der Waals surface area contributed by atoms with E-state index in [1.807, 2.05) is 0 Å². The Balaban J connectivity index is 3.51. The third-order valence-corrected chi connectivity index (χ3v) is 1.65. The monoisotopic (exact) mass is 232 g/mol. The van der Waals surface area contributed by atoms with E-state index in [1.165, 1.54) is 13.8 Å². The highest BCUT2D eigenvalue weighted by Crippen LogP contribution is 1.97. The van der Waals surface area contributed by atoms with Crippen LogP contribution in [0.25, 0.3) is 0 Å². The van der Waals surface area contributed by atoms with E-state index in [9.17, 15) is 14.5 Å². The Kier molecular flexibility index (Phi) is 7.74. The maximum Gasteiger partial charge on any atom is 0.304 e. The van der Waals surface area contributed by atoms with Gasteiger partial charge in [0.2, 0.25) is 0 Å². The first-order valence-electron chi connectivity index (χ1n) is 4.91. The van der Waals surface area contributed by atoms with E-state index in [0.29, 0.717) is 26.0 Å². The van der Waals surface area contributed by atoms with Crippen LogP contribution in [-0.2, 0) is 19.1 Å². The lowest BCUT2D eigenvalue weighted by Crippen LogP contribution is -2.23. The lowest BCUT2D eigenvalue weighted by Gasteiger charge is -2.13. The largest absolute Gasteiger partial charge is 0.466 e.